The maximum atomic E-state index is 11.2. The fourth-order valence-electron chi connectivity index (χ4n) is 1.75. The van der Waals surface area contributed by atoms with Gasteiger partial charge in [0.15, 0.2) is 0 Å². The minimum Gasteiger partial charge on any atom is -0.355 e. The molecule has 1 unspecified atom stereocenters. The SMILES string of the molecule is CC(N)C(=O)NCCCc1nc2ccccc2[nH]1. The molecule has 0 bridgehead atoms. The Labute approximate surface area is 106 Å². The summed E-state index contributed by atoms with van der Waals surface area (Å²) in [6.07, 6.45) is 1.66. The van der Waals surface area contributed by atoms with E-state index in [1.807, 2.05) is 24.3 Å². The first-order chi connectivity index (χ1) is 8.66. The zero-order valence-corrected chi connectivity index (χ0v) is 10.4. The van der Waals surface area contributed by atoms with Gasteiger partial charge in [-0.15, -0.1) is 0 Å². The number of carbonyl (C=O) groups excluding carboxylic acids is 1. The van der Waals surface area contributed by atoms with Gasteiger partial charge in [-0.1, -0.05) is 12.1 Å². The van der Waals surface area contributed by atoms with Crippen LogP contribution in [0.5, 0.6) is 0 Å². The van der Waals surface area contributed by atoms with Crippen LogP contribution in [0.2, 0.25) is 0 Å². The number of nitrogens with zero attached hydrogens (tertiary/aromatic N) is 1. The maximum Gasteiger partial charge on any atom is 0.236 e. The molecule has 1 aromatic carbocycles. The van der Waals surface area contributed by atoms with Crippen molar-refractivity contribution < 1.29 is 4.79 Å². The molecule has 0 fully saturated rings. The Balaban J connectivity index is 1.82. The summed E-state index contributed by atoms with van der Waals surface area (Å²) in [5.74, 6) is 0.839. The number of nitrogens with one attached hydrogen (secondary N) is 2. The largest absolute Gasteiger partial charge is 0.355 e. The lowest BCUT2D eigenvalue weighted by Crippen LogP contribution is -2.38. The topological polar surface area (TPSA) is 83.8 Å². The van der Waals surface area contributed by atoms with Gasteiger partial charge in [-0.25, -0.2) is 4.98 Å². The Morgan fingerprint density at radius 3 is 3.00 bits per heavy atom. The van der Waals surface area contributed by atoms with E-state index in [1.54, 1.807) is 6.92 Å². The summed E-state index contributed by atoms with van der Waals surface area (Å²) >= 11 is 0. The van der Waals surface area contributed by atoms with Gasteiger partial charge < -0.3 is 16.0 Å². The van der Waals surface area contributed by atoms with E-state index in [2.05, 4.69) is 15.3 Å². The average Bonchev–Trinajstić information content (AvgIpc) is 2.76. The van der Waals surface area contributed by atoms with Crippen LogP contribution in [0, 0.1) is 0 Å². The van der Waals surface area contributed by atoms with Gasteiger partial charge in [-0.05, 0) is 25.5 Å². The van der Waals surface area contributed by atoms with E-state index in [1.165, 1.54) is 0 Å². The van der Waals surface area contributed by atoms with Gasteiger partial charge in [0.1, 0.15) is 5.82 Å². The highest BCUT2D eigenvalue weighted by atomic mass is 16.2. The van der Waals surface area contributed by atoms with Gasteiger partial charge in [-0.2, -0.15) is 0 Å². The number of benzene rings is 1. The van der Waals surface area contributed by atoms with E-state index >= 15 is 0 Å². The molecule has 0 aliphatic heterocycles. The Morgan fingerprint density at radius 2 is 2.28 bits per heavy atom. The van der Waals surface area contributed by atoms with Crippen molar-refractivity contribution in [1.82, 2.24) is 15.3 Å². The molecule has 1 atom stereocenters. The number of carbonyl (C=O) groups is 1. The molecule has 0 aliphatic rings. The number of fused-ring (bicyclic) bond motifs is 1. The highest BCUT2D eigenvalue weighted by Gasteiger charge is 2.06. The van der Waals surface area contributed by atoms with Gasteiger partial charge >= 0.3 is 0 Å². The summed E-state index contributed by atoms with van der Waals surface area (Å²) in [7, 11) is 0. The van der Waals surface area contributed by atoms with Crippen molar-refractivity contribution in [3.05, 3.63) is 30.1 Å². The van der Waals surface area contributed by atoms with E-state index in [4.69, 9.17) is 5.73 Å². The first-order valence-electron chi connectivity index (χ1n) is 6.14. The molecule has 0 radical (unpaired) electrons. The number of aryl methyl sites for hydroxylation is 1. The molecule has 4 N–H and O–H groups in total. The Kier molecular flexibility index (Phi) is 3.94. The van der Waals surface area contributed by atoms with E-state index in [9.17, 15) is 4.79 Å². The predicted octanol–water partition coefficient (Wildman–Crippen LogP) is 0.959. The number of amides is 1. The predicted molar refractivity (Wildman–Crippen MR) is 71.1 cm³/mol. The third kappa shape index (κ3) is 3.07. The summed E-state index contributed by atoms with van der Waals surface area (Å²) in [6, 6.07) is 7.48. The van der Waals surface area contributed by atoms with Crippen LogP contribution in [0.3, 0.4) is 0 Å². The van der Waals surface area contributed by atoms with E-state index in [0.29, 0.717) is 6.54 Å². The van der Waals surface area contributed by atoms with Crippen molar-refractivity contribution in [3.8, 4) is 0 Å². The summed E-state index contributed by atoms with van der Waals surface area (Å²) < 4.78 is 0. The minimum atomic E-state index is -0.448. The Hall–Kier alpha value is -1.88. The van der Waals surface area contributed by atoms with Crippen molar-refractivity contribution in [2.24, 2.45) is 5.73 Å². The van der Waals surface area contributed by atoms with Crippen molar-refractivity contribution in [2.45, 2.75) is 25.8 Å². The monoisotopic (exact) mass is 246 g/mol. The molecular formula is C13H18N4O. The summed E-state index contributed by atoms with van der Waals surface area (Å²) in [4.78, 5) is 19.0. The zero-order chi connectivity index (χ0) is 13.0. The van der Waals surface area contributed by atoms with Gasteiger partial charge in [0, 0.05) is 13.0 Å². The Bertz CT molecular complexity index is 500. The lowest BCUT2D eigenvalue weighted by atomic mass is 10.3. The fraction of sp³-hybridized carbons (Fsp3) is 0.385. The number of aromatic amines is 1. The number of hydrogen-bond acceptors (Lipinski definition) is 3. The van der Waals surface area contributed by atoms with Crippen LogP contribution in [0.15, 0.2) is 24.3 Å². The number of hydrogen-bond donors (Lipinski definition) is 3. The molecule has 5 heteroatoms. The number of H-pyrrole nitrogens is 1. The van der Waals surface area contributed by atoms with Gasteiger partial charge in [0.25, 0.3) is 0 Å². The van der Waals surface area contributed by atoms with Crippen molar-refractivity contribution >= 4 is 16.9 Å². The molecule has 1 heterocycles. The molecule has 2 rings (SSSR count). The molecule has 0 spiro atoms. The van der Waals surface area contributed by atoms with Crippen molar-refractivity contribution in [1.29, 1.82) is 0 Å². The summed E-state index contributed by atoms with van der Waals surface area (Å²) in [6.45, 7) is 2.30. The van der Waals surface area contributed by atoms with E-state index in [0.717, 1.165) is 29.7 Å². The van der Waals surface area contributed by atoms with Crippen molar-refractivity contribution in [3.63, 3.8) is 0 Å². The third-order valence-electron chi connectivity index (χ3n) is 2.74. The molecule has 2 aromatic rings. The molecule has 1 amide bonds. The molecule has 0 saturated heterocycles. The standard InChI is InChI=1S/C13H18N4O/c1-9(14)13(18)15-8-4-7-12-16-10-5-2-3-6-11(10)17-12/h2-3,5-6,9H,4,7-8,14H2,1H3,(H,15,18)(H,16,17). The molecule has 5 nitrogen and oxygen atoms in total. The number of imidazole rings is 1. The highest BCUT2D eigenvalue weighted by molar-refractivity contribution is 5.80. The van der Waals surface area contributed by atoms with Crippen LogP contribution < -0.4 is 11.1 Å². The second-order valence-electron chi connectivity index (χ2n) is 4.38. The Morgan fingerprint density at radius 1 is 1.50 bits per heavy atom. The highest BCUT2D eigenvalue weighted by Crippen LogP contribution is 2.10. The first-order valence-corrected chi connectivity index (χ1v) is 6.14. The third-order valence-corrected chi connectivity index (χ3v) is 2.74. The molecule has 0 aliphatic carbocycles. The normalized spacial score (nSPS) is 12.6. The summed E-state index contributed by atoms with van der Waals surface area (Å²) in [5.41, 5.74) is 7.48. The lowest BCUT2D eigenvalue weighted by molar-refractivity contribution is -0.121. The van der Waals surface area contributed by atoms with E-state index < -0.39 is 6.04 Å². The van der Waals surface area contributed by atoms with Crippen molar-refractivity contribution in [2.75, 3.05) is 6.54 Å². The van der Waals surface area contributed by atoms with Crippen LogP contribution in [0.1, 0.15) is 19.2 Å². The minimum absolute atomic E-state index is 0.111. The van der Waals surface area contributed by atoms with Gasteiger partial charge in [0.05, 0.1) is 17.1 Å². The molecule has 0 saturated carbocycles. The molecule has 1 aromatic heterocycles. The second-order valence-corrected chi connectivity index (χ2v) is 4.38. The molecular weight excluding hydrogens is 228 g/mol. The van der Waals surface area contributed by atoms with Crippen LogP contribution in [0.25, 0.3) is 11.0 Å². The van der Waals surface area contributed by atoms with Gasteiger partial charge in [-0.3, -0.25) is 4.79 Å². The van der Waals surface area contributed by atoms with Crippen LogP contribution in [-0.2, 0) is 11.2 Å². The summed E-state index contributed by atoms with van der Waals surface area (Å²) in [5, 5.41) is 2.78. The smallest absolute Gasteiger partial charge is 0.236 e. The number of aromatic nitrogens is 2. The average molecular weight is 246 g/mol. The van der Waals surface area contributed by atoms with Crippen LogP contribution >= 0.6 is 0 Å². The van der Waals surface area contributed by atoms with Gasteiger partial charge in [0.2, 0.25) is 5.91 Å². The first kappa shape index (κ1) is 12.6. The van der Waals surface area contributed by atoms with Crippen LogP contribution in [0.4, 0.5) is 0 Å². The quantitative estimate of drug-likeness (QED) is 0.687. The maximum absolute atomic E-state index is 11.2. The number of nitrogens with two attached hydrogens (primary N) is 1. The molecule has 96 valence electrons. The fourth-order valence-corrected chi connectivity index (χ4v) is 1.75. The molecule has 18 heavy (non-hydrogen) atoms. The second kappa shape index (κ2) is 5.64. The zero-order valence-electron chi connectivity index (χ0n) is 10.4. The number of para-hydroxylation sites is 2. The van der Waals surface area contributed by atoms with Crippen LogP contribution in [-0.4, -0.2) is 28.5 Å². The number of rotatable bonds is 5. The lowest BCUT2D eigenvalue weighted by Gasteiger charge is -2.06. The van der Waals surface area contributed by atoms with E-state index in [-0.39, 0.29) is 5.91 Å².